The fourth-order valence-electron chi connectivity index (χ4n) is 3.69. The topological polar surface area (TPSA) is 141 Å². The molecule has 0 radical (unpaired) electrons. The number of tetrazole rings is 1. The van der Waals surface area contributed by atoms with E-state index in [2.05, 4.69) is 41.2 Å². The molecule has 4 aromatic rings. The SMILES string of the molecule is O=C(Nc1cc(-c2[nH]c3c(c2Nc2ccccc2)C(=O)CCC3)ccn1)c1nn[nH]n1. The van der Waals surface area contributed by atoms with E-state index in [1.165, 1.54) is 0 Å². The highest BCUT2D eigenvalue weighted by atomic mass is 16.2. The van der Waals surface area contributed by atoms with Crippen LogP contribution in [0.15, 0.2) is 48.7 Å². The summed E-state index contributed by atoms with van der Waals surface area (Å²) in [6.45, 7) is 0. The van der Waals surface area contributed by atoms with Gasteiger partial charge in [0.15, 0.2) is 5.78 Å². The molecule has 0 saturated carbocycles. The lowest BCUT2D eigenvalue weighted by Gasteiger charge is -2.14. The smallest absolute Gasteiger partial charge is 0.298 e. The normalized spacial score (nSPS) is 13.0. The van der Waals surface area contributed by atoms with Crippen LogP contribution in [0.3, 0.4) is 0 Å². The largest absolute Gasteiger partial charge is 0.356 e. The number of H-pyrrole nitrogens is 2. The second-order valence-electron chi connectivity index (χ2n) is 7.12. The van der Waals surface area contributed by atoms with Crippen LogP contribution in [-0.2, 0) is 6.42 Å². The first-order chi connectivity index (χ1) is 15.2. The number of para-hydroxylation sites is 1. The second-order valence-corrected chi connectivity index (χ2v) is 7.12. The van der Waals surface area contributed by atoms with E-state index in [9.17, 15) is 9.59 Å². The van der Waals surface area contributed by atoms with E-state index in [0.717, 1.165) is 41.2 Å². The number of nitrogens with one attached hydrogen (secondary N) is 4. The lowest BCUT2D eigenvalue weighted by molar-refractivity contribution is 0.0971. The minimum absolute atomic E-state index is 0.0837. The van der Waals surface area contributed by atoms with Crippen molar-refractivity contribution in [2.24, 2.45) is 0 Å². The highest BCUT2D eigenvalue weighted by Crippen LogP contribution is 2.39. The van der Waals surface area contributed by atoms with Crippen molar-refractivity contribution in [1.82, 2.24) is 30.6 Å². The Balaban J connectivity index is 1.54. The van der Waals surface area contributed by atoms with E-state index in [1.54, 1.807) is 12.3 Å². The first-order valence-electron chi connectivity index (χ1n) is 9.80. The summed E-state index contributed by atoms with van der Waals surface area (Å²) in [5.41, 5.74) is 4.76. The van der Waals surface area contributed by atoms with Crippen LogP contribution in [0.2, 0.25) is 0 Å². The van der Waals surface area contributed by atoms with Crippen molar-refractivity contribution in [2.45, 2.75) is 19.3 Å². The van der Waals surface area contributed by atoms with E-state index >= 15 is 0 Å². The Hall–Kier alpha value is -4.34. The maximum atomic E-state index is 12.7. The highest BCUT2D eigenvalue weighted by Gasteiger charge is 2.27. The predicted molar refractivity (Wildman–Crippen MR) is 113 cm³/mol. The molecule has 0 saturated heterocycles. The zero-order valence-electron chi connectivity index (χ0n) is 16.3. The van der Waals surface area contributed by atoms with Crippen molar-refractivity contribution in [3.63, 3.8) is 0 Å². The first kappa shape index (κ1) is 18.7. The third kappa shape index (κ3) is 3.66. The molecule has 1 aliphatic rings. The molecule has 10 heteroatoms. The monoisotopic (exact) mass is 414 g/mol. The number of aromatic amines is 2. The predicted octanol–water partition coefficient (Wildman–Crippen LogP) is 3.10. The van der Waals surface area contributed by atoms with Gasteiger partial charge in [-0.1, -0.05) is 18.2 Å². The summed E-state index contributed by atoms with van der Waals surface area (Å²) < 4.78 is 0. The number of anilines is 3. The van der Waals surface area contributed by atoms with Gasteiger partial charge >= 0.3 is 0 Å². The molecule has 0 atom stereocenters. The van der Waals surface area contributed by atoms with Crippen molar-refractivity contribution in [3.8, 4) is 11.3 Å². The van der Waals surface area contributed by atoms with Crippen molar-refractivity contribution < 1.29 is 9.59 Å². The van der Waals surface area contributed by atoms with E-state index in [1.807, 2.05) is 36.4 Å². The molecule has 0 bridgehead atoms. The number of pyridine rings is 1. The van der Waals surface area contributed by atoms with Crippen LogP contribution in [0.1, 0.15) is 39.5 Å². The molecule has 10 nitrogen and oxygen atoms in total. The molecule has 1 aliphatic carbocycles. The zero-order chi connectivity index (χ0) is 21.2. The second kappa shape index (κ2) is 7.82. The summed E-state index contributed by atoms with van der Waals surface area (Å²) in [6, 6.07) is 13.2. The number of hydrogen-bond donors (Lipinski definition) is 4. The number of aryl methyl sites for hydroxylation is 1. The highest BCUT2D eigenvalue weighted by molar-refractivity contribution is 6.07. The van der Waals surface area contributed by atoms with Gasteiger partial charge in [-0.25, -0.2) is 4.98 Å². The van der Waals surface area contributed by atoms with Gasteiger partial charge < -0.3 is 15.6 Å². The van der Waals surface area contributed by atoms with Crippen molar-refractivity contribution >= 4 is 28.9 Å². The third-order valence-corrected chi connectivity index (χ3v) is 5.07. The molecule has 0 unspecified atom stereocenters. The number of rotatable bonds is 5. The third-order valence-electron chi connectivity index (χ3n) is 5.07. The number of Topliss-reactive ketones (excluding diaryl/α,β-unsaturated/α-hetero) is 1. The number of nitrogens with zero attached hydrogens (tertiary/aromatic N) is 4. The van der Waals surface area contributed by atoms with Crippen LogP contribution in [-0.4, -0.2) is 42.3 Å². The Morgan fingerprint density at radius 1 is 1.10 bits per heavy atom. The fraction of sp³-hybridized carbons (Fsp3) is 0.143. The first-order valence-corrected chi connectivity index (χ1v) is 9.80. The summed E-state index contributed by atoms with van der Waals surface area (Å²) >= 11 is 0. The van der Waals surface area contributed by atoms with Crippen LogP contribution in [0, 0.1) is 0 Å². The fourth-order valence-corrected chi connectivity index (χ4v) is 3.69. The molecule has 3 aromatic heterocycles. The molecule has 1 aromatic carbocycles. The Bertz CT molecular complexity index is 1250. The van der Waals surface area contributed by atoms with Crippen LogP contribution in [0.4, 0.5) is 17.2 Å². The number of ketones is 1. The Labute approximate surface area is 176 Å². The van der Waals surface area contributed by atoms with E-state index in [-0.39, 0.29) is 11.6 Å². The van der Waals surface area contributed by atoms with E-state index in [0.29, 0.717) is 17.8 Å². The van der Waals surface area contributed by atoms with Gasteiger partial charge in [0.25, 0.3) is 11.7 Å². The van der Waals surface area contributed by atoms with Crippen LogP contribution >= 0.6 is 0 Å². The van der Waals surface area contributed by atoms with Gasteiger partial charge in [0.1, 0.15) is 5.82 Å². The summed E-state index contributed by atoms with van der Waals surface area (Å²) in [5.74, 6) is -0.166. The van der Waals surface area contributed by atoms with Gasteiger partial charge in [-0.05, 0) is 42.3 Å². The van der Waals surface area contributed by atoms with Crippen LogP contribution in [0.5, 0.6) is 0 Å². The molecule has 0 fully saturated rings. The number of amides is 1. The molecule has 4 N–H and O–H groups in total. The molecule has 31 heavy (non-hydrogen) atoms. The Morgan fingerprint density at radius 2 is 1.97 bits per heavy atom. The number of hydrogen-bond acceptors (Lipinski definition) is 7. The summed E-state index contributed by atoms with van der Waals surface area (Å²) in [4.78, 5) is 32.6. The van der Waals surface area contributed by atoms with Gasteiger partial charge in [-0.3, -0.25) is 9.59 Å². The average Bonchev–Trinajstić information content (AvgIpc) is 3.44. The number of carbonyl (C=O) groups is 2. The van der Waals surface area contributed by atoms with Crippen LogP contribution in [0.25, 0.3) is 11.3 Å². The van der Waals surface area contributed by atoms with Gasteiger partial charge in [0.05, 0.1) is 16.9 Å². The summed E-state index contributed by atoms with van der Waals surface area (Å²) in [6.07, 6.45) is 3.74. The molecule has 0 aliphatic heterocycles. The Kier molecular flexibility index (Phi) is 4.71. The van der Waals surface area contributed by atoms with Crippen LogP contribution < -0.4 is 10.6 Å². The average molecular weight is 414 g/mol. The molecule has 3 heterocycles. The molecule has 5 rings (SSSR count). The zero-order valence-corrected chi connectivity index (χ0v) is 16.3. The minimum Gasteiger partial charge on any atom is -0.356 e. The molecule has 1 amide bonds. The molecular weight excluding hydrogens is 396 g/mol. The van der Waals surface area contributed by atoms with E-state index in [4.69, 9.17) is 0 Å². The quantitative estimate of drug-likeness (QED) is 0.393. The van der Waals surface area contributed by atoms with Gasteiger partial charge in [-0.15, -0.1) is 10.2 Å². The number of aromatic nitrogens is 6. The maximum absolute atomic E-state index is 12.7. The standard InChI is InChI=1S/C21H18N8O2/c30-15-8-4-7-14-17(15)19(23-13-5-2-1-3-6-13)18(24-14)12-9-10-22-16(11-12)25-21(31)20-26-28-29-27-20/h1-3,5-6,9-11,23-24H,4,7-8H2,(H,22,25,31)(H,26,27,28,29). The number of fused-ring (bicyclic) bond motifs is 1. The molecular formula is C21H18N8O2. The molecule has 0 spiro atoms. The summed E-state index contributed by atoms with van der Waals surface area (Å²) in [7, 11) is 0. The van der Waals surface area contributed by atoms with Gasteiger partial charge in [-0.2, -0.15) is 5.21 Å². The van der Waals surface area contributed by atoms with Crippen molar-refractivity contribution in [3.05, 3.63) is 65.7 Å². The van der Waals surface area contributed by atoms with Crippen molar-refractivity contribution in [1.29, 1.82) is 0 Å². The summed E-state index contributed by atoms with van der Waals surface area (Å²) in [5, 5.41) is 19.0. The minimum atomic E-state index is -0.526. The maximum Gasteiger partial charge on any atom is 0.298 e. The van der Waals surface area contributed by atoms with Gasteiger partial charge in [0, 0.05) is 29.6 Å². The van der Waals surface area contributed by atoms with Crippen molar-refractivity contribution in [2.75, 3.05) is 10.6 Å². The molecule has 154 valence electrons. The van der Waals surface area contributed by atoms with E-state index < -0.39 is 5.91 Å². The van der Waals surface area contributed by atoms with Gasteiger partial charge in [0.2, 0.25) is 0 Å². The number of carbonyl (C=O) groups excluding carboxylic acids is 2. The number of benzene rings is 1. The lowest BCUT2D eigenvalue weighted by Crippen LogP contribution is -2.14. The lowest BCUT2D eigenvalue weighted by atomic mass is 9.95. The Morgan fingerprint density at radius 3 is 2.77 bits per heavy atom.